The van der Waals surface area contributed by atoms with E-state index in [1.165, 1.54) is 0 Å². The maximum absolute atomic E-state index is 12.5. The number of aryl methyl sites for hydroxylation is 2. The van der Waals surface area contributed by atoms with E-state index in [1.54, 1.807) is 49.4 Å². The van der Waals surface area contributed by atoms with Crippen molar-refractivity contribution in [3.8, 4) is 0 Å². The molecular weight excluding hydrogens is 338 g/mol. The smallest absolute Gasteiger partial charge is 0.261 e. The van der Waals surface area contributed by atoms with Crippen LogP contribution in [0.25, 0.3) is 11.0 Å². The molecule has 0 spiro atoms. The van der Waals surface area contributed by atoms with Crippen LogP contribution in [0.4, 0.5) is 5.69 Å². The lowest BCUT2D eigenvalue weighted by Crippen LogP contribution is -2.12. The second-order valence-electron chi connectivity index (χ2n) is 6.22. The van der Waals surface area contributed by atoms with Gasteiger partial charge in [0.1, 0.15) is 5.82 Å². The lowest BCUT2D eigenvalue weighted by Gasteiger charge is -2.08. The van der Waals surface area contributed by atoms with Crippen molar-refractivity contribution >= 4 is 26.7 Å². The Morgan fingerprint density at radius 3 is 2.60 bits per heavy atom. The molecule has 0 aliphatic rings. The average molecular weight is 359 g/mol. The van der Waals surface area contributed by atoms with Gasteiger partial charge >= 0.3 is 0 Å². The fraction of sp³-hybridized carbons (Fsp3) is 0.278. The minimum Gasteiger partial charge on any atom is -0.393 e. The number of rotatable bonds is 6. The zero-order chi connectivity index (χ0) is 18.0. The molecule has 132 valence electrons. The summed E-state index contributed by atoms with van der Waals surface area (Å²) in [7, 11) is -3.63. The third-order valence-electron chi connectivity index (χ3n) is 3.91. The number of H-pyrrole nitrogens is 1. The lowest BCUT2D eigenvalue weighted by atomic mass is 10.2. The Morgan fingerprint density at radius 1 is 1.20 bits per heavy atom. The second-order valence-corrected chi connectivity index (χ2v) is 7.90. The van der Waals surface area contributed by atoms with E-state index in [2.05, 4.69) is 14.7 Å². The first-order valence-electron chi connectivity index (χ1n) is 8.10. The standard InChI is InChI=1S/C18H21N3O3S/c1-12-3-7-15(8-4-12)25(23,24)21-14-6-9-16-17(11-14)20-18(19-16)10-5-13(2)22/h3-4,6-9,11,13,21-22H,5,10H2,1-2H3,(H,19,20). The van der Waals surface area contributed by atoms with Crippen LogP contribution in [-0.4, -0.2) is 29.6 Å². The Morgan fingerprint density at radius 2 is 1.92 bits per heavy atom. The Balaban J connectivity index is 1.82. The van der Waals surface area contributed by atoms with Crippen molar-refractivity contribution in [3.63, 3.8) is 0 Å². The van der Waals surface area contributed by atoms with Gasteiger partial charge in [0.2, 0.25) is 0 Å². The van der Waals surface area contributed by atoms with Gasteiger partial charge in [-0.1, -0.05) is 17.7 Å². The summed E-state index contributed by atoms with van der Waals surface area (Å²) in [5.74, 6) is 0.773. The summed E-state index contributed by atoms with van der Waals surface area (Å²) in [6.07, 6.45) is 0.869. The van der Waals surface area contributed by atoms with E-state index >= 15 is 0 Å². The molecule has 0 saturated carbocycles. The van der Waals surface area contributed by atoms with Gasteiger partial charge in [0.15, 0.2) is 0 Å². The Kier molecular flexibility index (Phi) is 4.78. The minimum atomic E-state index is -3.63. The molecule has 0 aliphatic heterocycles. The number of nitrogens with one attached hydrogen (secondary N) is 2. The van der Waals surface area contributed by atoms with E-state index in [9.17, 15) is 13.5 Å². The number of hydrogen-bond donors (Lipinski definition) is 3. The maximum atomic E-state index is 12.5. The molecule has 1 heterocycles. The van der Waals surface area contributed by atoms with Crippen LogP contribution in [0, 0.1) is 6.92 Å². The van der Waals surface area contributed by atoms with E-state index in [0.29, 0.717) is 18.5 Å². The van der Waals surface area contributed by atoms with Gasteiger partial charge in [-0.3, -0.25) is 4.72 Å². The van der Waals surface area contributed by atoms with Crippen LogP contribution in [0.1, 0.15) is 24.7 Å². The number of nitrogens with zero attached hydrogens (tertiary/aromatic N) is 1. The van der Waals surface area contributed by atoms with Gasteiger partial charge in [0.25, 0.3) is 10.0 Å². The predicted octanol–water partition coefficient (Wildman–Crippen LogP) is 2.99. The summed E-state index contributed by atoms with van der Waals surface area (Å²) in [5.41, 5.74) is 2.99. The summed E-state index contributed by atoms with van der Waals surface area (Å²) < 4.78 is 27.5. The Bertz CT molecular complexity index is 976. The third kappa shape index (κ3) is 4.18. The molecule has 0 fully saturated rings. The van der Waals surface area contributed by atoms with Gasteiger partial charge in [-0.25, -0.2) is 13.4 Å². The SMILES string of the molecule is Cc1ccc(S(=O)(=O)Nc2ccc3nc(CCC(C)O)[nH]c3c2)cc1. The molecule has 1 atom stereocenters. The first-order valence-corrected chi connectivity index (χ1v) is 9.58. The quantitative estimate of drug-likeness (QED) is 0.630. The Hall–Kier alpha value is -2.38. The van der Waals surface area contributed by atoms with Gasteiger partial charge in [-0.05, 0) is 50.6 Å². The van der Waals surface area contributed by atoms with Gasteiger partial charge in [-0.15, -0.1) is 0 Å². The van der Waals surface area contributed by atoms with E-state index in [-0.39, 0.29) is 11.0 Å². The van der Waals surface area contributed by atoms with Crippen LogP contribution in [-0.2, 0) is 16.4 Å². The summed E-state index contributed by atoms with van der Waals surface area (Å²) >= 11 is 0. The fourth-order valence-corrected chi connectivity index (χ4v) is 3.57. The van der Waals surface area contributed by atoms with E-state index < -0.39 is 10.0 Å². The summed E-state index contributed by atoms with van der Waals surface area (Å²) in [6, 6.07) is 11.9. The summed E-state index contributed by atoms with van der Waals surface area (Å²) in [4.78, 5) is 7.84. The number of hydrogen-bond acceptors (Lipinski definition) is 4. The number of aliphatic hydroxyl groups is 1. The molecule has 25 heavy (non-hydrogen) atoms. The largest absolute Gasteiger partial charge is 0.393 e. The van der Waals surface area contributed by atoms with Gasteiger partial charge in [0, 0.05) is 6.42 Å². The molecule has 3 N–H and O–H groups in total. The minimum absolute atomic E-state index is 0.223. The Labute approximate surface area is 147 Å². The van der Waals surface area contributed by atoms with Crippen molar-refractivity contribution in [2.45, 2.75) is 37.7 Å². The molecule has 3 aromatic rings. The molecule has 0 radical (unpaired) electrons. The number of imidazole rings is 1. The molecule has 1 unspecified atom stereocenters. The highest BCUT2D eigenvalue weighted by Gasteiger charge is 2.14. The van der Waals surface area contributed by atoms with Crippen LogP contribution in [0.15, 0.2) is 47.4 Å². The number of aliphatic hydroxyl groups excluding tert-OH is 1. The first-order chi connectivity index (χ1) is 11.8. The molecule has 6 nitrogen and oxygen atoms in total. The van der Waals surface area contributed by atoms with E-state index in [4.69, 9.17) is 0 Å². The molecular formula is C18H21N3O3S. The predicted molar refractivity (Wildman–Crippen MR) is 98.1 cm³/mol. The van der Waals surface area contributed by atoms with Crippen LogP contribution in [0.3, 0.4) is 0 Å². The molecule has 7 heteroatoms. The topological polar surface area (TPSA) is 95.1 Å². The van der Waals surface area contributed by atoms with Gasteiger partial charge in [0.05, 0.1) is 27.7 Å². The highest BCUT2D eigenvalue weighted by Crippen LogP contribution is 2.21. The van der Waals surface area contributed by atoms with Crippen LogP contribution in [0.5, 0.6) is 0 Å². The number of sulfonamides is 1. The first kappa shape index (κ1) is 17.4. The van der Waals surface area contributed by atoms with Crippen molar-refractivity contribution < 1.29 is 13.5 Å². The number of anilines is 1. The van der Waals surface area contributed by atoms with Crippen molar-refractivity contribution in [2.75, 3.05) is 4.72 Å². The van der Waals surface area contributed by atoms with Crippen LogP contribution >= 0.6 is 0 Å². The lowest BCUT2D eigenvalue weighted by molar-refractivity contribution is 0.184. The monoisotopic (exact) mass is 359 g/mol. The zero-order valence-electron chi connectivity index (χ0n) is 14.2. The maximum Gasteiger partial charge on any atom is 0.261 e. The molecule has 0 amide bonds. The molecule has 2 aromatic carbocycles. The van der Waals surface area contributed by atoms with Gasteiger partial charge in [-0.2, -0.15) is 0 Å². The molecule has 1 aromatic heterocycles. The number of fused-ring (bicyclic) bond motifs is 1. The third-order valence-corrected chi connectivity index (χ3v) is 5.31. The van der Waals surface area contributed by atoms with Crippen molar-refractivity contribution in [1.82, 2.24) is 9.97 Å². The second kappa shape index (κ2) is 6.85. The van der Waals surface area contributed by atoms with Crippen molar-refractivity contribution in [3.05, 3.63) is 53.9 Å². The van der Waals surface area contributed by atoms with Gasteiger partial charge < -0.3 is 10.1 Å². The number of aromatic amines is 1. The highest BCUT2D eigenvalue weighted by atomic mass is 32.2. The van der Waals surface area contributed by atoms with E-state index in [1.807, 2.05) is 6.92 Å². The normalized spacial score (nSPS) is 13.1. The summed E-state index contributed by atoms with van der Waals surface area (Å²) in [6.45, 7) is 3.64. The van der Waals surface area contributed by atoms with Crippen molar-refractivity contribution in [1.29, 1.82) is 0 Å². The molecule has 0 aliphatic carbocycles. The van der Waals surface area contributed by atoms with Crippen molar-refractivity contribution in [2.24, 2.45) is 0 Å². The molecule has 3 rings (SSSR count). The van der Waals surface area contributed by atoms with Crippen LogP contribution in [0.2, 0.25) is 0 Å². The number of aromatic nitrogens is 2. The number of benzene rings is 2. The fourth-order valence-electron chi connectivity index (χ4n) is 2.52. The zero-order valence-corrected chi connectivity index (χ0v) is 15.0. The van der Waals surface area contributed by atoms with E-state index in [0.717, 1.165) is 22.4 Å². The average Bonchev–Trinajstić information content (AvgIpc) is 2.95. The highest BCUT2D eigenvalue weighted by molar-refractivity contribution is 7.92. The molecule has 0 saturated heterocycles. The molecule has 0 bridgehead atoms. The summed E-state index contributed by atoms with van der Waals surface area (Å²) in [5, 5.41) is 9.37. The van der Waals surface area contributed by atoms with Crippen LogP contribution < -0.4 is 4.72 Å².